The molecule has 1 aromatic rings. The molecule has 2 amide bonds. The van der Waals surface area contributed by atoms with E-state index in [1.165, 1.54) is 0 Å². The Morgan fingerprint density at radius 3 is 3.00 bits per heavy atom. The number of rotatable bonds is 2. The van der Waals surface area contributed by atoms with E-state index in [0.29, 0.717) is 19.8 Å². The van der Waals surface area contributed by atoms with Gasteiger partial charge in [0.2, 0.25) is 0 Å². The van der Waals surface area contributed by atoms with Crippen molar-refractivity contribution in [3.8, 4) is 5.75 Å². The Labute approximate surface area is 100 Å². The van der Waals surface area contributed by atoms with Crippen LogP contribution in [0.1, 0.15) is 11.6 Å². The highest BCUT2D eigenvalue weighted by molar-refractivity contribution is 5.73. The van der Waals surface area contributed by atoms with Gasteiger partial charge in [0.1, 0.15) is 5.75 Å². The minimum absolute atomic E-state index is 0.169. The van der Waals surface area contributed by atoms with Gasteiger partial charge in [0.15, 0.2) is 0 Å². The molecule has 2 N–H and O–H groups in total. The fourth-order valence-corrected chi connectivity index (χ4v) is 2.07. The number of morpholine rings is 1. The molecule has 0 bridgehead atoms. The Balaban J connectivity index is 2.32. The molecule has 2 rings (SSSR count). The average molecular weight is 236 g/mol. The lowest BCUT2D eigenvalue weighted by Gasteiger charge is -2.35. The predicted octanol–water partition coefficient (Wildman–Crippen LogP) is 1.15. The van der Waals surface area contributed by atoms with Crippen molar-refractivity contribution in [2.45, 2.75) is 6.04 Å². The van der Waals surface area contributed by atoms with Crippen LogP contribution >= 0.6 is 0 Å². The summed E-state index contributed by atoms with van der Waals surface area (Å²) in [5.41, 5.74) is 6.30. The van der Waals surface area contributed by atoms with Crippen LogP contribution < -0.4 is 10.5 Å². The molecule has 17 heavy (non-hydrogen) atoms. The fourth-order valence-electron chi connectivity index (χ4n) is 2.07. The summed E-state index contributed by atoms with van der Waals surface area (Å²) in [5.74, 6) is 0.745. The van der Waals surface area contributed by atoms with Crippen molar-refractivity contribution in [3.63, 3.8) is 0 Å². The van der Waals surface area contributed by atoms with E-state index in [0.717, 1.165) is 11.3 Å². The molecule has 5 nitrogen and oxygen atoms in total. The van der Waals surface area contributed by atoms with Crippen molar-refractivity contribution >= 4 is 6.03 Å². The van der Waals surface area contributed by atoms with Crippen LogP contribution in [-0.2, 0) is 4.74 Å². The third-order valence-electron chi connectivity index (χ3n) is 2.91. The van der Waals surface area contributed by atoms with E-state index in [4.69, 9.17) is 15.2 Å². The van der Waals surface area contributed by atoms with Crippen LogP contribution in [0, 0.1) is 0 Å². The summed E-state index contributed by atoms with van der Waals surface area (Å²) >= 11 is 0. The summed E-state index contributed by atoms with van der Waals surface area (Å²) < 4.78 is 10.7. The van der Waals surface area contributed by atoms with Crippen molar-refractivity contribution in [1.82, 2.24) is 4.90 Å². The molecule has 0 spiro atoms. The number of hydrogen-bond acceptors (Lipinski definition) is 3. The minimum atomic E-state index is -0.427. The maximum atomic E-state index is 11.4. The van der Waals surface area contributed by atoms with Gasteiger partial charge in [0.25, 0.3) is 0 Å². The second-order valence-corrected chi connectivity index (χ2v) is 3.86. The molecule has 5 heteroatoms. The fraction of sp³-hybridized carbons (Fsp3) is 0.417. The van der Waals surface area contributed by atoms with Crippen molar-refractivity contribution in [1.29, 1.82) is 0 Å². The van der Waals surface area contributed by atoms with Crippen LogP contribution in [0.25, 0.3) is 0 Å². The van der Waals surface area contributed by atoms with Gasteiger partial charge >= 0.3 is 6.03 Å². The van der Waals surface area contributed by atoms with E-state index in [1.54, 1.807) is 12.0 Å². The van der Waals surface area contributed by atoms with E-state index in [1.807, 2.05) is 24.3 Å². The molecule has 1 aromatic carbocycles. The van der Waals surface area contributed by atoms with Crippen molar-refractivity contribution in [2.24, 2.45) is 5.73 Å². The largest absolute Gasteiger partial charge is 0.496 e. The average Bonchev–Trinajstić information content (AvgIpc) is 2.38. The number of amides is 2. The van der Waals surface area contributed by atoms with E-state index in [9.17, 15) is 4.79 Å². The van der Waals surface area contributed by atoms with Gasteiger partial charge in [-0.3, -0.25) is 0 Å². The zero-order chi connectivity index (χ0) is 12.3. The third-order valence-corrected chi connectivity index (χ3v) is 2.91. The number of methoxy groups -OCH3 is 1. The Morgan fingerprint density at radius 1 is 1.53 bits per heavy atom. The molecule has 1 heterocycles. The first-order valence-electron chi connectivity index (χ1n) is 5.50. The van der Waals surface area contributed by atoms with Gasteiger partial charge in [-0.25, -0.2) is 4.79 Å². The monoisotopic (exact) mass is 236 g/mol. The number of nitrogens with two attached hydrogens (primary N) is 1. The Hall–Kier alpha value is -1.75. The lowest BCUT2D eigenvalue weighted by Crippen LogP contribution is -2.46. The van der Waals surface area contributed by atoms with E-state index >= 15 is 0 Å². The molecule has 0 aliphatic carbocycles. The van der Waals surface area contributed by atoms with E-state index in [-0.39, 0.29) is 6.04 Å². The molecule has 1 fully saturated rings. The first-order chi connectivity index (χ1) is 8.24. The molecule has 1 atom stereocenters. The van der Waals surface area contributed by atoms with Crippen LogP contribution in [0.2, 0.25) is 0 Å². The Kier molecular flexibility index (Phi) is 3.49. The van der Waals surface area contributed by atoms with Gasteiger partial charge in [-0.1, -0.05) is 18.2 Å². The first-order valence-corrected chi connectivity index (χ1v) is 5.50. The van der Waals surface area contributed by atoms with Crippen molar-refractivity contribution in [3.05, 3.63) is 29.8 Å². The smallest absolute Gasteiger partial charge is 0.315 e. The molecule has 1 aliphatic rings. The number of para-hydroxylation sites is 1. The van der Waals surface area contributed by atoms with Gasteiger partial charge < -0.3 is 20.1 Å². The minimum Gasteiger partial charge on any atom is -0.496 e. The molecule has 92 valence electrons. The van der Waals surface area contributed by atoms with Gasteiger partial charge in [-0.05, 0) is 6.07 Å². The maximum Gasteiger partial charge on any atom is 0.315 e. The summed E-state index contributed by atoms with van der Waals surface area (Å²) in [4.78, 5) is 13.0. The molecule has 1 unspecified atom stereocenters. The summed E-state index contributed by atoms with van der Waals surface area (Å²) in [5, 5.41) is 0. The topological polar surface area (TPSA) is 64.8 Å². The molecular weight excluding hydrogens is 220 g/mol. The van der Waals surface area contributed by atoms with Crippen molar-refractivity contribution in [2.75, 3.05) is 26.9 Å². The van der Waals surface area contributed by atoms with E-state index < -0.39 is 6.03 Å². The Bertz CT molecular complexity index is 408. The van der Waals surface area contributed by atoms with Gasteiger partial charge in [-0.15, -0.1) is 0 Å². The van der Waals surface area contributed by atoms with E-state index in [2.05, 4.69) is 0 Å². The lowest BCUT2D eigenvalue weighted by molar-refractivity contribution is 0.0130. The quantitative estimate of drug-likeness (QED) is 0.837. The molecule has 1 saturated heterocycles. The second kappa shape index (κ2) is 5.05. The zero-order valence-corrected chi connectivity index (χ0v) is 9.76. The summed E-state index contributed by atoms with van der Waals surface area (Å²) in [7, 11) is 1.61. The molecule has 1 aliphatic heterocycles. The van der Waals surface area contributed by atoms with Crippen LogP contribution in [0.4, 0.5) is 4.79 Å². The second-order valence-electron chi connectivity index (χ2n) is 3.86. The summed E-state index contributed by atoms with van der Waals surface area (Å²) in [6, 6.07) is 6.99. The summed E-state index contributed by atoms with van der Waals surface area (Å²) in [6.45, 7) is 1.48. The SMILES string of the molecule is COc1ccccc1C1COCCN1C(N)=O. The number of hydrogen-bond donors (Lipinski definition) is 1. The van der Waals surface area contributed by atoms with Crippen LogP contribution in [0.3, 0.4) is 0 Å². The number of primary amides is 1. The van der Waals surface area contributed by atoms with Crippen LogP contribution in [0.15, 0.2) is 24.3 Å². The summed E-state index contributed by atoms with van der Waals surface area (Å²) in [6.07, 6.45) is 0. The van der Waals surface area contributed by atoms with Gasteiger partial charge in [0.05, 0.1) is 26.4 Å². The highest BCUT2D eigenvalue weighted by Crippen LogP contribution is 2.30. The number of carbonyl (C=O) groups is 1. The number of urea groups is 1. The first kappa shape index (κ1) is 11.7. The number of nitrogens with zero attached hydrogens (tertiary/aromatic N) is 1. The maximum absolute atomic E-state index is 11.4. The Morgan fingerprint density at radius 2 is 2.29 bits per heavy atom. The zero-order valence-electron chi connectivity index (χ0n) is 9.76. The van der Waals surface area contributed by atoms with Crippen LogP contribution in [0.5, 0.6) is 5.75 Å². The molecular formula is C12H16N2O3. The standard InChI is InChI=1S/C12H16N2O3/c1-16-11-5-3-2-4-9(11)10-8-17-7-6-14(10)12(13)15/h2-5,10H,6-8H2,1H3,(H2,13,15). The number of ether oxygens (including phenoxy) is 2. The van der Waals surface area contributed by atoms with Crippen molar-refractivity contribution < 1.29 is 14.3 Å². The number of benzene rings is 1. The van der Waals surface area contributed by atoms with Gasteiger partial charge in [0, 0.05) is 12.1 Å². The number of carbonyl (C=O) groups excluding carboxylic acids is 1. The molecule has 0 saturated carbocycles. The highest BCUT2D eigenvalue weighted by atomic mass is 16.5. The molecule has 0 radical (unpaired) electrons. The highest BCUT2D eigenvalue weighted by Gasteiger charge is 2.29. The molecule has 0 aromatic heterocycles. The predicted molar refractivity (Wildman–Crippen MR) is 62.8 cm³/mol. The van der Waals surface area contributed by atoms with Gasteiger partial charge in [-0.2, -0.15) is 0 Å². The third kappa shape index (κ3) is 2.34. The van der Waals surface area contributed by atoms with Crippen LogP contribution in [-0.4, -0.2) is 37.8 Å². The normalized spacial score (nSPS) is 20.1. The lowest BCUT2D eigenvalue weighted by atomic mass is 10.0.